The minimum absolute atomic E-state index is 0.274. The molecule has 1 amide bonds. The molecule has 0 aliphatic heterocycles. The van der Waals surface area contributed by atoms with Crippen molar-refractivity contribution in [2.45, 2.75) is 13.5 Å². The topological polar surface area (TPSA) is 62.0 Å². The lowest BCUT2D eigenvalue weighted by atomic mass is 10.2. The molecule has 0 aliphatic rings. The molecule has 2 rings (SSSR count). The maximum Gasteiger partial charge on any atom is 0.251 e. The number of hydrogen-bond acceptors (Lipinski definition) is 2. The zero-order chi connectivity index (χ0) is 13.8. The molecule has 0 bridgehead atoms. The Morgan fingerprint density at radius 3 is 2.58 bits per heavy atom. The number of benzene rings is 1. The molecule has 0 saturated heterocycles. The molecule has 0 saturated carbocycles. The van der Waals surface area contributed by atoms with Gasteiger partial charge in [-0.3, -0.25) is 9.59 Å². The first-order chi connectivity index (χ1) is 9.04. The minimum Gasteiger partial charge on any atom is -0.348 e. The van der Waals surface area contributed by atoms with Crippen molar-refractivity contribution in [1.82, 2.24) is 10.3 Å². The van der Waals surface area contributed by atoms with E-state index < -0.39 is 0 Å². The van der Waals surface area contributed by atoms with Gasteiger partial charge < -0.3 is 10.3 Å². The Labute approximate surface area is 115 Å². The van der Waals surface area contributed by atoms with Crippen LogP contribution in [0.1, 0.15) is 21.6 Å². The van der Waals surface area contributed by atoms with E-state index in [1.54, 1.807) is 25.1 Å². The van der Waals surface area contributed by atoms with Crippen LogP contribution < -0.4 is 10.9 Å². The average Bonchev–Trinajstić information content (AvgIpc) is 2.36. The zero-order valence-electron chi connectivity index (χ0n) is 10.4. The highest BCUT2D eigenvalue weighted by atomic mass is 35.5. The maximum atomic E-state index is 11.9. The highest BCUT2D eigenvalue weighted by Crippen LogP contribution is 2.09. The molecule has 5 heteroatoms. The van der Waals surface area contributed by atoms with E-state index in [-0.39, 0.29) is 11.5 Å². The van der Waals surface area contributed by atoms with Crippen molar-refractivity contribution >= 4 is 17.5 Å². The summed E-state index contributed by atoms with van der Waals surface area (Å²) >= 11 is 5.78. The predicted octanol–water partition coefficient (Wildman–Crippen LogP) is 2.27. The molecule has 98 valence electrons. The van der Waals surface area contributed by atoms with E-state index in [0.29, 0.717) is 22.8 Å². The van der Waals surface area contributed by atoms with Gasteiger partial charge in [0.25, 0.3) is 5.91 Å². The lowest BCUT2D eigenvalue weighted by Crippen LogP contribution is -2.24. The molecule has 1 aromatic heterocycles. The molecule has 0 unspecified atom stereocenters. The van der Waals surface area contributed by atoms with Crippen LogP contribution in [0.2, 0.25) is 5.02 Å². The number of carbonyl (C=O) groups excluding carboxylic acids is 1. The normalized spacial score (nSPS) is 10.2. The quantitative estimate of drug-likeness (QED) is 0.903. The van der Waals surface area contributed by atoms with E-state index in [9.17, 15) is 9.59 Å². The highest BCUT2D eigenvalue weighted by Gasteiger charge is 2.06. The molecule has 0 fully saturated rings. The zero-order valence-corrected chi connectivity index (χ0v) is 11.1. The molecule has 0 spiro atoms. The molecular formula is C14H13ClN2O2. The number of nitrogens with one attached hydrogen (secondary N) is 2. The number of rotatable bonds is 3. The Morgan fingerprint density at radius 2 is 1.95 bits per heavy atom. The number of carbonyl (C=O) groups is 1. The lowest BCUT2D eigenvalue weighted by Gasteiger charge is -2.06. The predicted molar refractivity (Wildman–Crippen MR) is 74.4 cm³/mol. The van der Waals surface area contributed by atoms with E-state index in [2.05, 4.69) is 10.3 Å². The van der Waals surface area contributed by atoms with Crippen LogP contribution in [0.3, 0.4) is 0 Å². The fraction of sp³-hybridized carbons (Fsp3) is 0.143. The summed E-state index contributed by atoms with van der Waals surface area (Å²) in [6.07, 6.45) is 0. The van der Waals surface area contributed by atoms with E-state index in [0.717, 1.165) is 5.56 Å². The van der Waals surface area contributed by atoms with Crippen molar-refractivity contribution in [2.75, 3.05) is 0 Å². The molecule has 1 heterocycles. The summed E-state index contributed by atoms with van der Waals surface area (Å²) in [6.45, 7) is 2.12. The van der Waals surface area contributed by atoms with Crippen LogP contribution in [0, 0.1) is 6.92 Å². The highest BCUT2D eigenvalue weighted by molar-refractivity contribution is 6.30. The molecule has 0 radical (unpaired) electrons. The van der Waals surface area contributed by atoms with Crippen molar-refractivity contribution in [3.63, 3.8) is 0 Å². The first kappa shape index (κ1) is 13.4. The van der Waals surface area contributed by atoms with Crippen LogP contribution in [0.5, 0.6) is 0 Å². The Kier molecular flexibility index (Phi) is 4.02. The second-order valence-electron chi connectivity index (χ2n) is 4.23. The van der Waals surface area contributed by atoms with Gasteiger partial charge in [0.05, 0.1) is 0 Å². The summed E-state index contributed by atoms with van der Waals surface area (Å²) in [6, 6.07) is 10.1. The average molecular weight is 277 g/mol. The van der Waals surface area contributed by atoms with E-state index in [1.807, 2.05) is 12.1 Å². The summed E-state index contributed by atoms with van der Waals surface area (Å²) in [5.41, 5.74) is 1.68. The third kappa shape index (κ3) is 3.69. The summed E-state index contributed by atoms with van der Waals surface area (Å²) in [7, 11) is 0. The Hall–Kier alpha value is -2.07. The fourth-order valence-electron chi connectivity index (χ4n) is 1.70. The van der Waals surface area contributed by atoms with Crippen molar-refractivity contribution in [3.05, 3.63) is 68.6 Å². The summed E-state index contributed by atoms with van der Waals surface area (Å²) < 4.78 is 0. The number of hydrogen-bond donors (Lipinski definition) is 2. The molecule has 1 aromatic carbocycles. The van der Waals surface area contributed by atoms with Crippen molar-refractivity contribution in [1.29, 1.82) is 0 Å². The number of H-pyrrole nitrogens is 1. The third-order valence-electron chi connectivity index (χ3n) is 2.61. The third-order valence-corrected chi connectivity index (χ3v) is 2.86. The van der Waals surface area contributed by atoms with Gasteiger partial charge in [0.2, 0.25) is 5.56 Å². The number of pyridine rings is 1. The molecule has 19 heavy (non-hydrogen) atoms. The Bertz CT molecular complexity index is 647. The largest absolute Gasteiger partial charge is 0.348 e. The second kappa shape index (κ2) is 5.71. The monoisotopic (exact) mass is 276 g/mol. The van der Waals surface area contributed by atoms with Gasteiger partial charge in [0.1, 0.15) is 0 Å². The maximum absolute atomic E-state index is 11.9. The number of aryl methyl sites for hydroxylation is 1. The van der Waals surface area contributed by atoms with Crippen LogP contribution in [-0.4, -0.2) is 10.9 Å². The van der Waals surface area contributed by atoms with Crippen molar-refractivity contribution < 1.29 is 4.79 Å². The van der Waals surface area contributed by atoms with Gasteiger partial charge in [-0.15, -0.1) is 0 Å². The number of aromatic nitrogens is 1. The Balaban J connectivity index is 2.05. The molecule has 0 atom stereocenters. The smallest absolute Gasteiger partial charge is 0.251 e. The second-order valence-corrected chi connectivity index (χ2v) is 4.66. The number of halogens is 1. The van der Waals surface area contributed by atoms with Crippen LogP contribution in [0.15, 0.2) is 41.2 Å². The van der Waals surface area contributed by atoms with E-state index in [4.69, 9.17) is 11.6 Å². The van der Waals surface area contributed by atoms with Crippen LogP contribution in [0.4, 0.5) is 0 Å². The Morgan fingerprint density at radius 1 is 1.26 bits per heavy atom. The molecule has 4 nitrogen and oxygen atoms in total. The van der Waals surface area contributed by atoms with Gasteiger partial charge in [-0.1, -0.05) is 23.7 Å². The lowest BCUT2D eigenvalue weighted by molar-refractivity contribution is 0.0950. The minimum atomic E-state index is -0.281. The first-order valence-electron chi connectivity index (χ1n) is 5.78. The molecule has 2 aromatic rings. The fourth-order valence-corrected chi connectivity index (χ4v) is 1.83. The van der Waals surface area contributed by atoms with Gasteiger partial charge in [-0.25, -0.2) is 0 Å². The van der Waals surface area contributed by atoms with Crippen molar-refractivity contribution in [2.24, 2.45) is 0 Å². The van der Waals surface area contributed by atoms with Crippen LogP contribution in [0.25, 0.3) is 0 Å². The van der Waals surface area contributed by atoms with Gasteiger partial charge in [-0.05, 0) is 30.7 Å². The summed E-state index contributed by atoms with van der Waals surface area (Å²) in [4.78, 5) is 25.8. The van der Waals surface area contributed by atoms with Gasteiger partial charge in [0, 0.05) is 28.9 Å². The molecule has 0 aliphatic carbocycles. The van der Waals surface area contributed by atoms with Crippen molar-refractivity contribution in [3.8, 4) is 0 Å². The van der Waals surface area contributed by atoms with E-state index in [1.165, 1.54) is 6.07 Å². The van der Waals surface area contributed by atoms with E-state index >= 15 is 0 Å². The SMILES string of the molecule is Cc1cc(C(=O)NCc2ccc(Cl)cc2)cc(=O)[nH]1. The van der Waals surface area contributed by atoms with Crippen LogP contribution in [-0.2, 0) is 6.54 Å². The van der Waals surface area contributed by atoms with Crippen LogP contribution >= 0.6 is 11.6 Å². The van der Waals surface area contributed by atoms with Gasteiger partial charge >= 0.3 is 0 Å². The van der Waals surface area contributed by atoms with Gasteiger partial charge in [0.15, 0.2) is 0 Å². The molecule has 2 N–H and O–H groups in total. The number of aromatic amines is 1. The standard InChI is InChI=1S/C14H13ClN2O2/c1-9-6-11(7-13(18)17-9)14(19)16-8-10-2-4-12(15)5-3-10/h2-7H,8H2,1H3,(H,16,19)(H,17,18). The summed E-state index contributed by atoms with van der Waals surface area (Å²) in [5, 5.41) is 3.41. The first-order valence-corrected chi connectivity index (χ1v) is 6.16. The number of amides is 1. The molecular weight excluding hydrogens is 264 g/mol. The summed E-state index contributed by atoms with van der Waals surface area (Å²) in [5.74, 6) is -0.274. The van der Waals surface area contributed by atoms with Gasteiger partial charge in [-0.2, -0.15) is 0 Å².